The Hall–Kier alpha value is -0.380. The molecule has 0 bridgehead atoms. The second-order valence-electron chi connectivity index (χ2n) is 6.00. The Labute approximate surface area is 119 Å². The van der Waals surface area contributed by atoms with Gasteiger partial charge in [-0.25, -0.2) is 0 Å². The molecule has 1 aromatic rings. The summed E-state index contributed by atoms with van der Waals surface area (Å²) in [5.41, 5.74) is 7.82. The highest BCUT2D eigenvalue weighted by atomic mass is 79.9. The van der Waals surface area contributed by atoms with Crippen LogP contribution in [-0.4, -0.2) is 24.5 Å². The van der Waals surface area contributed by atoms with E-state index in [1.807, 2.05) is 0 Å². The van der Waals surface area contributed by atoms with E-state index in [-0.39, 0.29) is 0 Å². The lowest BCUT2D eigenvalue weighted by molar-refractivity contribution is 0.0964. The number of nitrogens with two attached hydrogens (primary N) is 1. The molecule has 18 heavy (non-hydrogen) atoms. The Morgan fingerprint density at radius 2 is 1.78 bits per heavy atom. The number of hydrogen-bond acceptors (Lipinski definition) is 2. The fourth-order valence-electron chi connectivity index (χ4n) is 2.62. The van der Waals surface area contributed by atoms with Crippen molar-refractivity contribution in [2.75, 3.05) is 19.6 Å². The van der Waals surface area contributed by atoms with Crippen LogP contribution in [0.15, 0.2) is 28.7 Å². The zero-order valence-corrected chi connectivity index (χ0v) is 12.9. The van der Waals surface area contributed by atoms with Gasteiger partial charge in [-0.2, -0.15) is 0 Å². The molecule has 0 amide bonds. The third kappa shape index (κ3) is 3.34. The lowest BCUT2D eigenvalue weighted by atomic mass is 9.82. The number of halogens is 1. The SMILES string of the molecule is CC1(C)CCN(C(CN)c2ccc(Br)cc2)CC1. The number of hydrogen-bond donors (Lipinski definition) is 1. The molecule has 2 nitrogen and oxygen atoms in total. The smallest absolute Gasteiger partial charge is 0.0470 e. The predicted octanol–water partition coefficient (Wildman–Crippen LogP) is 3.57. The average Bonchev–Trinajstić information content (AvgIpc) is 2.34. The van der Waals surface area contributed by atoms with Gasteiger partial charge < -0.3 is 5.73 Å². The minimum Gasteiger partial charge on any atom is -0.329 e. The second-order valence-corrected chi connectivity index (χ2v) is 6.92. The van der Waals surface area contributed by atoms with Crippen molar-refractivity contribution in [1.29, 1.82) is 0 Å². The van der Waals surface area contributed by atoms with Gasteiger partial charge in [0.05, 0.1) is 0 Å². The van der Waals surface area contributed by atoms with Gasteiger partial charge >= 0.3 is 0 Å². The van der Waals surface area contributed by atoms with Crippen LogP contribution in [0, 0.1) is 5.41 Å². The minimum absolute atomic E-state index is 0.370. The van der Waals surface area contributed by atoms with Gasteiger partial charge in [-0.3, -0.25) is 4.90 Å². The first-order chi connectivity index (χ1) is 8.52. The molecule has 1 aromatic carbocycles. The van der Waals surface area contributed by atoms with Crippen LogP contribution in [0.3, 0.4) is 0 Å². The van der Waals surface area contributed by atoms with Crippen molar-refractivity contribution in [2.45, 2.75) is 32.7 Å². The van der Waals surface area contributed by atoms with Crippen LogP contribution in [0.25, 0.3) is 0 Å². The summed E-state index contributed by atoms with van der Waals surface area (Å²) < 4.78 is 1.13. The third-order valence-corrected chi connectivity index (χ3v) is 4.60. The molecule has 1 unspecified atom stereocenters. The van der Waals surface area contributed by atoms with E-state index >= 15 is 0 Å². The van der Waals surface area contributed by atoms with Crippen LogP contribution in [0.1, 0.15) is 38.3 Å². The summed E-state index contributed by atoms with van der Waals surface area (Å²) in [6.07, 6.45) is 2.53. The third-order valence-electron chi connectivity index (χ3n) is 4.07. The zero-order chi connectivity index (χ0) is 13.2. The van der Waals surface area contributed by atoms with Crippen molar-refractivity contribution in [3.05, 3.63) is 34.3 Å². The summed E-state index contributed by atoms with van der Waals surface area (Å²) in [6, 6.07) is 8.94. The molecule has 1 heterocycles. The molecular formula is C15H23BrN2. The van der Waals surface area contributed by atoms with E-state index in [4.69, 9.17) is 5.73 Å². The van der Waals surface area contributed by atoms with Gasteiger partial charge in [0.25, 0.3) is 0 Å². The zero-order valence-electron chi connectivity index (χ0n) is 11.3. The molecule has 1 fully saturated rings. The highest BCUT2D eigenvalue weighted by Crippen LogP contribution is 2.33. The minimum atomic E-state index is 0.370. The predicted molar refractivity (Wildman–Crippen MR) is 80.5 cm³/mol. The van der Waals surface area contributed by atoms with E-state index in [2.05, 4.69) is 58.9 Å². The van der Waals surface area contributed by atoms with Gasteiger partial charge in [-0.15, -0.1) is 0 Å². The monoisotopic (exact) mass is 310 g/mol. The van der Waals surface area contributed by atoms with Gasteiger partial charge in [0, 0.05) is 17.1 Å². The summed E-state index contributed by atoms with van der Waals surface area (Å²) in [5.74, 6) is 0. The van der Waals surface area contributed by atoms with Crippen molar-refractivity contribution < 1.29 is 0 Å². The van der Waals surface area contributed by atoms with Crippen LogP contribution in [0.5, 0.6) is 0 Å². The Morgan fingerprint density at radius 1 is 1.22 bits per heavy atom. The van der Waals surface area contributed by atoms with E-state index in [0.717, 1.165) is 17.6 Å². The first-order valence-corrected chi connectivity index (χ1v) is 7.51. The Kier molecular flexibility index (Phi) is 4.46. The number of likely N-dealkylation sites (tertiary alicyclic amines) is 1. The van der Waals surface area contributed by atoms with Crippen molar-refractivity contribution in [2.24, 2.45) is 11.1 Å². The van der Waals surface area contributed by atoms with Crippen LogP contribution >= 0.6 is 15.9 Å². The van der Waals surface area contributed by atoms with Gasteiger partial charge in [0.1, 0.15) is 0 Å². The summed E-state index contributed by atoms with van der Waals surface area (Å²) in [5, 5.41) is 0. The molecule has 3 heteroatoms. The normalized spacial score (nSPS) is 21.8. The van der Waals surface area contributed by atoms with E-state index < -0.39 is 0 Å². The highest BCUT2D eigenvalue weighted by Gasteiger charge is 2.29. The standard InChI is InChI=1S/C15H23BrN2/c1-15(2)7-9-18(10-8-15)14(11-17)12-3-5-13(16)6-4-12/h3-6,14H,7-11,17H2,1-2H3. The molecule has 1 saturated heterocycles. The summed E-state index contributed by atoms with van der Waals surface area (Å²) in [4.78, 5) is 2.54. The Morgan fingerprint density at radius 3 is 2.28 bits per heavy atom. The number of nitrogens with zero attached hydrogens (tertiary/aromatic N) is 1. The number of rotatable bonds is 3. The van der Waals surface area contributed by atoms with Crippen molar-refractivity contribution in [1.82, 2.24) is 4.90 Å². The van der Waals surface area contributed by atoms with Crippen molar-refractivity contribution in [3.8, 4) is 0 Å². The Balaban J connectivity index is 2.08. The van der Waals surface area contributed by atoms with E-state index in [1.54, 1.807) is 0 Å². The van der Waals surface area contributed by atoms with Gasteiger partial charge in [0.2, 0.25) is 0 Å². The highest BCUT2D eigenvalue weighted by molar-refractivity contribution is 9.10. The van der Waals surface area contributed by atoms with Gasteiger partial charge in [-0.1, -0.05) is 41.9 Å². The molecule has 1 aliphatic rings. The van der Waals surface area contributed by atoms with Crippen LogP contribution in [0.4, 0.5) is 0 Å². The number of benzene rings is 1. The first-order valence-electron chi connectivity index (χ1n) is 6.71. The molecule has 1 atom stereocenters. The molecule has 0 aliphatic carbocycles. The maximum atomic E-state index is 5.99. The topological polar surface area (TPSA) is 29.3 Å². The summed E-state index contributed by atoms with van der Waals surface area (Å²) in [6.45, 7) is 7.74. The maximum Gasteiger partial charge on any atom is 0.0470 e. The molecule has 2 N–H and O–H groups in total. The van der Waals surface area contributed by atoms with Gasteiger partial charge in [0.15, 0.2) is 0 Å². The summed E-state index contributed by atoms with van der Waals surface area (Å²) in [7, 11) is 0. The van der Waals surface area contributed by atoms with E-state index in [9.17, 15) is 0 Å². The lowest BCUT2D eigenvalue weighted by Gasteiger charge is -2.41. The molecule has 1 aliphatic heterocycles. The fraction of sp³-hybridized carbons (Fsp3) is 0.600. The van der Waals surface area contributed by atoms with Crippen molar-refractivity contribution >= 4 is 15.9 Å². The van der Waals surface area contributed by atoms with E-state index in [0.29, 0.717) is 18.0 Å². The van der Waals surface area contributed by atoms with Crippen molar-refractivity contribution in [3.63, 3.8) is 0 Å². The van der Waals surface area contributed by atoms with Crippen LogP contribution in [0.2, 0.25) is 0 Å². The number of piperidine rings is 1. The summed E-state index contributed by atoms with van der Waals surface area (Å²) >= 11 is 3.48. The fourth-order valence-corrected chi connectivity index (χ4v) is 2.89. The van der Waals surface area contributed by atoms with Crippen LogP contribution < -0.4 is 5.73 Å². The average molecular weight is 311 g/mol. The molecule has 100 valence electrons. The second kappa shape index (κ2) is 5.72. The Bertz CT molecular complexity index is 376. The quantitative estimate of drug-likeness (QED) is 0.924. The molecule has 0 saturated carbocycles. The lowest BCUT2D eigenvalue weighted by Crippen LogP contribution is -2.42. The van der Waals surface area contributed by atoms with Crippen LogP contribution in [-0.2, 0) is 0 Å². The largest absolute Gasteiger partial charge is 0.329 e. The molecule has 0 radical (unpaired) electrons. The molecule has 0 aromatic heterocycles. The molecular weight excluding hydrogens is 288 g/mol. The molecule has 2 rings (SSSR count). The first kappa shape index (κ1) is 14.0. The van der Waals surface area contributed by atoms with E-state index in [1.165, 1.54) is 18.4 Å². The van der Waals surface area contributed by atoms with Gasteiger partial charge in [-0.05, 0) is 49.0 Å². The molecule has 0 spiro atoms. The maximum absolute atomic E-state index is 5.99.